The summed E-state index contributed by atoms with van der Waals surface area (Å²) in [5.41, 5.74) is 0.187. The molecule has 3 aromatic rings. The summed E-state index contributed by atoms with van der Waals surface area (Å²) in [6.45, 7) is 0. The van der Waals surface area contributed by atoms with Crippen LogP contribution in [0.5, 0.6) is 0 Å². The van der Waals surface area contributed by atoms with E-state index in [1.54, 1.807) is 36.4 Å². The van der Waals surface area contributed by atoms with Crippen molar-refractivity contribution in [3.8, 4) is 0 Å². The van der Waals surface area contributed by atoms with Gasteiger partial charge < -0.3 is 0 Å². The van der Waals surface area contributed by atoms with Crippen LogP contribution in [0.25, 0.3) is 0 Å². The summed E-state index contributed by atoms with van der Waals surface area (Å²) in [5, 5.41) is 33.0. The van der Waals surface area contributed by atoms with E-state index in [0.29, 0.717) is 0 Å². The van der Waals surface area contributed by atoms with Crippen molar-refractivity contribution in [2.75, 3.05) is 0 Å². The molecule has 0 aliphatic rings. The van der Waals surface area contributed by atoms with Crippen molar-refractivity contribution in [1.82, 2.24) is 0 Å². The third-order valence-electron chi connectivity index (χ3n) is 4.08. The monoisotopic (exact) mass is 638 g/mol. The first-order valence-electron chi connectivity index (χ1n) is 8.11. The summed E-state index contributed by atoms with van der Waals surface area (Å²) >= 11 is -2.91. The largest absolute Gasteiger partial charge is 1.00 e. The van der Waals surface area contributed by atoms with Crippen LogP contribution in [-0.2, 0) is 0 Å². The second-order valence-corrected chi connectivity index (χ2v) is 14.5. The minimum absolute atomic E-state index is 0. The van der Waals surface area contributed by atoms with E-state index in [2.05, 4.69) is 0 Å². The summed E-state index contributed by atoms with van der Waals surface area (Å²) in [6.07, 6.45) is 0. The predicted molar refractivity (Wildman–Crippen MR) is 97.0 cm³/mol. The molecule has 6 nitrogen and oxygen atoms in total. The first-order valence-corrected chi connectivity index (χ1v) is 13.3. The van der Waals surface area contributed by atoms with E-state index in [9.17, 15) is 29.7 Å². The Hall–Kier alpha value is -0.0469. The van der Waals surface area contributed by atoms with Gasteiger partial charge >= 0.3 is 257 Å². The molecule has 0 fully saturated rings. The molecule has 10 heteroatoms. The number of rotatable bonds is 6. The summed E-state index contributed by atoms with van der Waals surface area (Å²) in [7, 11) is 0. The summed E-state index contributed by atoms with van der Waals surface area (Å²) in [4.78, 5) is 33.0. The van der Waals surface area contributed by atoms with Crippen molar-refractivity contribution < 1.29 is 118 Å². The fourth-order valence-electron chi connectivity index (χ4n) is 2.69. The number of hydrogen-bond donors (Lipinski definition) is 0. The molecule has 0 N–H and O–H groups in total. The van der Waals surface area contributed by atoms with Crippen LogP contribution in [0.15, 0.2) is 72.8 Å². The second kappa shape index (κ2) is 14.3. The minimum atomic E-state index is -2.91. The Morgan fingerprint density at radius 2 is 0.645 bits per heavy atom. The van der Waals surface area contributed by atoms with Crippen LogP contribution in [0.2, 0.25) is 0 Å². The number of hydrogen-bond acceptors (Lipinski definition) is 6. The third-order valence-corrected chi connectivity index (χ3v) is 13.6. The van der Waals surface area contributed by atoms with E-state index in [1.807, 2.05) is 0 Å². The van der Waals surface area contributed by atoms with Crippen LogP contribution in [0.3, 0.4) is 0 Å². The Bertz CT molecular complexity index is 902. The normalized spacial score (nSPS) is 9.58. The van der Waals surface area contributed by atoms with E-state index >= 15 is 0 Å². The molecule has 31 heavy (non-hydrogen) atoms. The van der Waals surface area contributed by atoms with Gasteiger partial charge in [-0.25, -0.2) is 0 Å². The van der Waals surface area contributed by atoms with Gasteiger partial charge in [0.15, 0.2) is 0 Å². The standard InChI is InChI=1S/3C7H5O2.Bi.3Na/c3*8-7(9)6-4-2-1-3-5-6;;;;/h3*2-5H,(H,8,9);;;;/q;;;;3*+1/p-3. The van der Waals surface area contributed by atoms with Crippen molar-refractivity contribution in [2.45, 2.75) is 0 Å². The van der Waals surface area contributed by atoms with Crippen molar-refractivity contribution in [2.24, 2.45) is 0 Å². The molecule has 0 saturated carbocycles. The molecule has 0 amide bonds. The van der Waals surface area contributed by atoms with E-state index in [-0.39, 0.29) is 105 Å². The molecular weight excluding hydrogens is 626 g/mol. The topological polar surface area (TPSA) is 120 Å². The summed E-state index contributed by atoms with van der Waals surface area (Å²) in [5.74, 6) is -3.81. The van der Waals surface area contributed by atoms with E-state index in [1.165, 1.54) is 36.4 Å². The van der Waals surface area contributed by atoms with Gasteiger partial charge in [0, 0.05) is 0 Å². The number of carboxylic acid groups (broad SMARTS) is 3. The van der Waals surface area contributed by atoms with E-state index in [0.717, 1.165) is 9.81 Å². The zero-order valence-electron chi connectivity index (χ0n) is 17.3. The van der Waals surface area contributed by atoms with Crippen molar-refractivity contribution >= 4 is 49.5 Å². The van der Waals surface area contributed by atoms with Gasteiger partial charge in [0.05, 0.1) is 0 Å². The van der Waals surface area contributed by atoms with Gasteiger partial charge in [0.25, 0.3) is 0 Å². The maximum absolute atomic E-state index is 11.0. The Labute approximate surface area is 253 Å². The van der Waals surface area contributed by atoms with Gasteiger partial charge in [-0.15, -0.1) is 0 Å². The predicted octanol–water partition coefficient (Wildman–Crippen LogP) is -11.7. The third kappa shape index (κ3) is 8.04. The molecule has 0 spiro atoms. The summed E-state index contributed by atoms with van der Waals surface area (Å²) < 4.78 is 2.84. The molecule has 0 heterocycles. The quantitative estimate of drug-likeness (QED) is 0.248. The van der Waals surface area contributed by atoms with Gasteiger partial charge in [-0.2, -0.15) is 0 Å². The maximum Gasteiger partial charge on any atom is 1.00 e. The average molecular weight is 638 g/mol. The van der Waals surface area contributed by atoms with Gasteiger partial charge in [0.1, 0.15) is 0 Å². The number of aromatic carboxylic acids is 3. The maximum atomic E-state index is 11.0. The molecule has 140 valence electrons. The van der Waals surface area contributed by atoms with Gasteiger partial charge in [0.2, 0.25) is 0 Å². The number of carboxylic acids is 3. The van der Waals surface area contributed by atoms with Gasteiger partial charge in [-0.1, -0.05) is 0 Å². The van der Waals surface area contributed by atoms with Crippen molar-refractivity contribution in [3.63, 3.8) is 0 Å². The molecule has 0 unspecified atom stereocenters. The molecule has 0 aromatic heterocycles. The van der Waals surface area contributed by atoms with Gasteiger partial charge in [-0.3, -0.25) is 0 Å². The first-order chi connectivity index (χ1) is 13.4. The molecule has 0 saturated heterocycles. The van der Waals surface area contributed by atoms with Crippen LogP contribution in [0.1, 0.15) is 31.1 Å². The Morgan fingerprint density at radius 3 is 0.806 bits per heavy atom. The molecular formula is C21H12BiNa3O6. The molecule has 3 rings (SSSR count). The summed E-state index contributed by atoms with van der Waals surface area (Å²) in [6, 6.07) is 19.2. The van der Waals surface area contributed by atoms with E-state index < -0.39 is 39.7 Å². The molecule has 0 atom stereocenters. The fourth-order valence-corrected chi connectivity index (χ4v) is 11.4. The molecule has 0 aliphatic carbocycles. The first kappa shape index (κ1) is 31.0. The number of carbonyl (C=O) groups excluding carboxylic acids is 3. The van der Waals surface area contributed by atoms with Crippen LogP contribution < -0.4 is 114 Å². The Kier molecular flexibility index (Phi) is 14.2. The van der Waals surface area contributed by atoms with E-state index in [4.69, 9.17) is 0 Å². The molecule has 3 aromatic carbocycles. The second-order valence-electron chi connectivity index (χ2n) is 5.84. The smallest absolute Gasteiger partial charge is 1.00 e. The average Bonchev–Trinajstić information content (AvgIpc) is 2.69. The van der Waals surface area contributed by atoms with Crippen LogP contribution in [-0.4, -0.2) is 39.7 Å². The zero-order valence-corrected chi connectivity index (χ0v) is 26.8. The van der Waals surface area contributed by atoms with Crippen LogP contribution in [0.4, 0.5) is 0 Å². The molecule has 0 aliphatic heterocycles. The minimum Gasteiger partial charge on any atom is 1.00 e. The Balaban J connectivity index is 0.00000300. The van der Waals surface area contributed by atoms with Gasteiger partial charge in [-0.05, 0) is 0 Å². The number of carbonyl (C=O) groups is 3. The van der Waals surface area contributed by atoms with Crippen molar-refractivity contribution in [3.05, 3.63) is 89.5 Å². The van der Waals surface area contributed by atoms with Crippen LogP contribution >= 0.6 is 0 Å². The SMILES string of the molecule is O=C([O-])c1cc[c]([Bi]([c]2ccc(C(=O)[O-])cc2)[c]2ccc(C(=O)[O-])cc2)cc1.[Na+].[Na+].[Na+]. The fraction of sp³-hybridized carbons (Fsp3) is 0. The zero-order chi connectivity index (χ0) is 20.3. The van der Waals surface area contributed by atoms with Crippen LogP contribution in [0, 0.1) is 0 Å². The van der Waals surface area contributed by atoms with Crippen molar-refractivity contribution in [1.29, 1.82) is 0 Å². The molecule has 0 radical (unpaired) electrons. The number of benzene rings is 3. The Morgan fingerprint density at radius 1 is 0.452 bits per heavy atom. The molecule has 0 bridgehead atoms.